The molecule has 2 heterocycles. The monoisotopic (exact) mass is 539 g/mol. The molecule has 2 aliphatic heterocycles. The third-order valence-corrected chi connectivity index (χ3v) is 5.26. The number of carbonyl (C=O) groups excluding carboxylic acids is 6. The molecule has 0 aromatic rings. The summed E-state index contributed by atoms with van der Waals surface area (Å²) in [4.78, 5) is 78.9. The summed E-state index contributed by atoms with van der Waals surface area (Å²) < 4.78 is 22.1. The van der Waals surface area contributed by atoms with Crippen LogP contribution in [0.25, 0.3) is 10.4 Å². The quantitative estimate of drug-likeness (QED) is 0.0841. The molecule has 3 amide bonds. The first-order valence-electron chi connectivity index (χ1n) is 11.7. The zero-order valence-corrected chi connectivity index (χ0v) is 20.9. The number of azide groups is 1. The van der Waals surface area contributed by atoms with Gasteiger partial charge in [-0.1, -0.05) is 11.2 Å². The highest BCUT2D eigenvalue weighted by atomic mass is 16.7. The summed E-state index contributed by atoms with van der Waals surface area (Å²) in [5, 5.41) is 6.46. The molecule has 5 unspecified atom stereocenters. The SMILES string of the molecule is C=CCOC1OC(CN=[N+]=[N-])C(OC(C)=O)C(OC(C)=O)C1NC(=O)CCCC(=O)ON1C(=O)CCC1=O. The van der Waals surface area contributed by atoms with Gasteiger partial charge in [0.15, 0.2) is 18.5 Å². The van der Waals surface area contributed by atoms with E-state index in [2.05, 4.69) is 21.9 Å². The molecule has 0 aromatic heterocycles. The summed E-state index contributed by atoms with van der Waals surface area (Å²) in [6, 6.07) is -1.18. The fourth-order valence-electron chi connectivity index (χ4n) is 3.75. The highest BCUT2D eigenvalue weighted by Crippen LogP contribution is 2.28. The van der Waals surface area contributed by atoms with Crippen LogP contribution in [0.15, 0.2) is 17.8 Å². The molecule has 208 valence electrons. The minimum atomic E-state index is -1.29. The van der Waals surface area contributed by atoms with Crippen molar-refractivity contribution < 1.29 is 52.6 Å². The molecule has 0 aromatic carbocycles. The maximum Gasteiger partial charge on any atom is 0.333 e. The summed E-state index contributed by atoms with van der Waals surface area (Å²) in [6.07, 6.45) is -4.06. The number of nitrogens with zero attached hydrogens (tertiary/aromatic N) is 4. The smallest absolute Gasteiger partial charge is 0.333 e. The number of hydroxylamine groups is 2. The van der Waals surface area contributed by atoms with E-state index >= 15 is 0 Å². The Hall–Kier alpha value is -4.01. The van der Waals surface area contributed by atoms with Gasteiger partial charge in [-0.3, -0.25) is 24.0 Å². The minimum Gasteiger partial charge on any atom is -0.456 e. The maximum atomic E-state index is 12.7. The second-order valence-corrected chi connectivity index (χ2v) is 8.22. The molecule has 2 saturated heterocycles. The summed E-state index contributed by atoms with van der Waals surface area (Å²) >= 11 is 0. The number of ether oxygens (including phenoxy) is 4. The third kappa shape index (κ3) is 8.83. The Morgan fingerprint density at radius 1 is 1.13 bits per heavy atom. The predicted molar refractivity (Wildman–Crippen MR) is 123 cm³/mol. The van der Waals surface area contributed by atoms with Gasteiger partial charge in [0.05, 0.1) is 13.2 Å². The Kier molecular flexibility index (Phi) is 11.7. The van der Waals surface area contributed by atoms with E-state index < -0.39 is 66.3 Å². The van der Waals surface area contributed by atoms with Crippen molar-refractivity contribution in [2.45, 2.75) is 76.6 Å². The molecule has 2 aliphatic rings. The molecule has 5 atom stereocenters. The number of hydrogen-bond acceptors (Lipinski definition) is 12. The second-order valence-electron chi connectivity index (χ2n) is 8.22. The molecule has 0 bridgehead atoms. The lowest BCUT2D eigenvalue weighted by Crippen LogP contribution is -2.66. The van der Waals surface area contributed by atoms with Gasteiger partial charge in [0.25, 0.3) is 11.8 Å². The summed E-state index contributed by atoms with van der Waals surface area (Å²) in [7, 11) is 0. The predicted octanol–water partition coefficient (Wildman–Crippen LogP) is 0.350. The topological polar surface area (TPSA) is 213 Å². The van der Waals surface area contributed by atoms with E-state index in [1.54, 1.807) is 0 Å². The first kappa shape index (κ1) is 30.2. The normalized spacial score (nSPS) is 24.7. The van der Waals surface area contributed by atoms with E-state index in [1.807, 2.05) is 0 Å². The zero-order chi connectivity index (χ0) is 28.2. The molecule has 0 spiro atoms. The van der Waals surface area contributed by atoms with Crippen molar-refractivity contribution in [3.8, 4) is 0 Å². The highest BCUT2D eigenvalue weighted by molar-refractivity contribution is 6.01. The van der Waals surface area contributed by atoms with Crippen LogP contribution < -0.4 is 5.32 Å². The van der Waals surface area contributed by atoms with Crippen molar-refractivity contribution in [2.24, 2.45) is 5.11 Å². The van der Waals surface area contributed by atoms with E-state index in [0.717, 1.165) is 13.8 Å². The number of rotatable bonds is 13. The van der Waals surface area contributed by atoms with Crippen molar-refractivity contribution in [2.75, 3.05) is 13.2 Å². The van der Waals surface area contributed by atoms with Crippen LogP contribution in [-0.4, -0.2) is 84.5 Å². The Labute approximate surface area is 217 Å². The summed E-state index contributed by atoms with van der Waals surface area (Å²) in [5.74, 6) is -4.23. The van der Waals surface area contributed by atoms with E-state index in [1.165, 1.54) is 6.08 Å². The third-order valence-electron chi connectivity index (χ3n) is 5.26. The maximum absolute atomic E-state index is 12.7. The lowest BCUT2D eigenvalue weighted by molar-refractivity contribution is -0.267. The van der Waals surface area contributed by atoms with Crippen molar-refractivity contribution in [1.82, 2.24) is 10.4 Å². The molecule has 2 rings (SSSR count). The van der Waals surface area contributed by atoms with E-state index in [9.17, 15) is 28.8 Å². The Bertz CT molecular complexity index is 980. The molecular formula is C22H29N5O11. The van der Waals surface area contributed by atoms with Gasteiger partial charge in [0, 0.05) is 44.4 Å². The molecule has 16 heteroatoms. The van der Waals surface area contributed by atoms with Crippen LogP contribution in [0.5, 0.6) is 0 Å². The molecule has 2 fully saturated rings. The first-order valence-corrected chi connectivity index (χ1v) is 11.7. The zero-order valence-electron chi connectivity index (χ0n) is 20.9. The van der Waals surface area contributed by atoms with Crippen LogP contribution in [-0.2, 0) is 52.6 Å². The molecule has 0 aliphatic carbocycles. The molecule has 0 saturated carbocycles. The van der Waals surface area contributed by atoms with Crippen LogP contribution in [0, 0.1) is 0 Å². The number of imide groups is 1. The molecule has 0 radical (unpaired) electrons. The van der Waals surface area contributed by atoms with Crippen molar-refractivity contribution in [1.29, 1.82) is 0 Å². The lowest BCUT2D eigenvalue weighted by atomic mass is 9.95. The van der Waals surface area contributed by atoms with Crippen LogP contribution in [0.4, 0.5) is 0 Å². The van der Waals surface area contributed by atoms with Crippen LogP contribution in [0.1, 0.15) is 46.0 Å². The van der Waals surface area contributed by atoms with Crippen molar-refractivity contribution >= 4 is 35.6 Å². The number of esters is 2. The van der Waals surface area contributed by atoms with E-state index in [-0.39, 0.29) is 45.3 Å². The average Bonchev–Trinajstić information content (AvgIpc) is 3.16. The number of hydrogen-bond donors (Lipinski definition) is 1. The molecule has 38 heavy (non-hydrogen) atoms. The van der Waals surface area contributed by atoms with Gasteiger partial charge in [0.2, 0.25) is 5.91 Å². The van der Waals surface area contributed by atoms with Crippen LogP contribution in [0.3, 0.4) is 0 Å². The van der Waals surface area contributed by atoms with Gasteiger partial charge in [0.1, 0.15) is 12.1 Å². The summed E-state index contributed by atoms with van der Waals surface area (Å²) in [5.41, 5.74) is 8.72. The minimum absolute atomic E-state index is 0.0161. The highest BCUT2D eigenvalue weighted by Gasteiger charge is 2.50. The Morgan fingerprint density at radius 2 is 1.76 bits per heavy atom. The average molecular weight is 539 g/mol. The molecule has 1 N–H and O–H groups in total. The van der Waals surface area contributed by atoms with Crippen molar-refractivity contribution in [3.05, 3.63) is 23.1 Å². The number of amides is 3. The van der Waals surface area contributed by atoms with Gasteiger partial charge >= 0.3 is 17.9 Å². The van der Waals surface area contributed by atoms with Crippen LogP contribution in [0.2, 0.25) is 0 Å². The van der Waals surface area contributed by atoms with Gasteiger partial charge in [-0.2, -0.15) is 0 Å². The fraction of sp³-hybridized carbons (Fsp3) is 0.636. The second kappa shape index (κ2) is 14.7. The Morgan fingerprint density at radius 3 is 2.34 bits per heavy atom. The largest absolute Gasteiger partial charge is 0.456 e. The van der Waals surface area contributed by atoms with Crippen molar-refractivity contribution in [3.63, 3.8) is 0 Å². The van der Waals surface area contributed by atoms with E-state index in [4.69, 9.17) is 29.3 Å². The summed E-state index contributed by atoms with van der Waals surface area (Å²) in [6.45, 7) is 5.44. The lowest BCUT2D eigenvalue weighted by Gasteiger charge is -2.45. The number of nitrogens with one attached hydrogen (secondary N) is 1. The number of carbonyl (C=O) groups is 6. The van der Waals surface area contributed by atoms with Gasteiger partial charge in [-0.05, 0) is 12.0 Å². The fourth-order valence-corrected chi connectivity index (χ4v) is 3.75. The van der Waals surface area contributed by atoms with Gasteiger partial charge in [-0.15, -0.1) is 11.6 Å². The Balaban J connectivity index is 2.12. The standard InChI is InChI=1S/C22H29N5O11/c1-4-10-34-22-19(21(36-13(3)29)20(35-12(2)28)14(37-22)11-24-26-23)25-15(30)6-5-7-18(33)38-27-16(31)8-9-17(27)32/h4,14,19-22H,1,5-11H2,2-3H3,(H,25,30). The molecule has 16 nitrogen and oxygen atoms in total. The van der Waals surface area contributed by atoms with Gasteiger partial charge in [-0.25, -0.2) is 4.79 Å². The first-order chi connectivity index (χ1) is 18.1. The van der Waals surface area contributed by atoms with Gasteiger partial charge < -0.3 is 29.1 Å². The molecular weight excluding hydrogens is 510 g/mol. The van der Waals surface area contributed by atoms with Crippen LogP contribution >= 0.6 is 0 Å². The van der Waals surface area contributed by atoms with E-state index in [0.29, 0.717) is 5.06 Å².